The van der Waals surface area contributed by atoms with E-state index in [1.807, 2.05) is 36.5 Å². The number of nitrogens with two attached hydrogens (primary N) is 1. The van der Waals surface area contributed by atoms with Crippen LogP contribution in [0.15, 0.2) is 73.4 Å². The third kappa shape index (κ3) is 3.36. The van der Waals surface area contributed by atoms with Gasteiger partial charge in [0.25, 0.3) is 5.91 Å². The van der Waals surface area contributed by atoms with E-state index < -0.39 is 0 Å². The molecule has 8 heteroatoms. The second kappa shape index (κ2) is 7.04. The molecule has 4 rings (SSSR count). The standard InChI is InChI=1S/C19H15N7O/c20-18-17(19(27)25-14-5-9-22-23-12-14)16(6-8-21-18)13-3-1-4-15(11-13)26-10-2-7-24-26/h1-12H,(H2,20,21)(H,22,25,27). The summed E-state index contributed by atoms with van der Waals surface area (Å²) in [6, 6.07) is 12.9. The van der Waals surface area contributed by atoms with Gasteiger partial charge in [-0.3, -0.25) is 4.79 Å². The maximum atomic E-state index is 12.8. The minimum Gasteiger partial charge on any atom is -0.383 e. The van der Waals surface area contributed by atoms with Crippen LogP contribution in [-0.2, 0) is 0 Å². The summed E-state index contributed by atoms with van der Waals surface area (Å²) in [5, 5.41) is 14.5. The second-order valence-corrected chi connectivity index (χ2v) is 5.70. The summed E-state index contributed by atoms with van der Waals surface area (Å²) in [7, 11) is 0. The normalized spacial score (nSPS) is 10.5. The van der Waals surface area contributed by atoms with Gasteiger partial charge in [0.05, 0.1) is 29.3 Å². The Morgan fingerprint density at radius 2 is 1.96 bits per heavy atom. The van der Waals surface area contributed by atoms with E-state index in [0.717, 1.165) is 11.3 Å². The fraction of sp³-hybridized carbons (Fsp3) is 0. The summed E-state index contributed by atoms with van der Waals surface area (Å²) >= 11 is 0. The van der Waals surface area contributed by atoms with E-state index in [2.05, 4.69) is 25.6 Å². The van der Waals surface area contributed by atoms with Crippen LogP contribution in [-0.4, -0.2) is 30.9 Å². The van der Waals surface area contributed by atoms with Gasteiger partial charge in [0.15, 0.2) is 0 Å². The van der Waals surface area contributed by atoms with Crippen LogP contribution in [0.2, 0.25) is 0 Å². The third-order valence-electron chi connectivity index (χ3n) is 3.98. The van der Waals surface area contributed by atoms with Crippen LogP contribution < -0.4 is 11.1 Å². The molecule has 0 aliphatic carbocycles. The van der Waals surface area contributed by atoms with Crippen LogP contribution in [0.3, 0.4) is 0 Å². The molecular weight excluding hydrogens is 342 g/mol. The highest BCUT2D eigenvalue weighted by Crippen LogP contribution is 2.28. The molecule has 0 bridgehead atoms. The molecule has 3 aromatic heterocycles. The Morgan fingerprint density at radius 3 is 2.74 bits per heavy atom. The lowest BCUT2D eigenvalue weighted by molar-refractivity contribution is 0.102. The van der Waals surface area contributed by atoms with E-state index in [4.69, 9.17) is 5.73 Å². The summed E-state index contributed by atoms with van der Waals surface area (Å²) in [4.78, 5) is 16.9. The molecule has 1 aromatic carbocycles. The van der Waals surface area contributed by atoms with Crippen molar-refractivity contribution in [3.05, 3.63) is 79.0 Å². The molecule has 0 spiro atoms. The van der Waals surface area contributed by atoms with Crippen molar-refractivity contribution in [3.63, 3.8) is 0 Å². The van der Waals surface area contributed by atoms with Crippen molar-refractivity contribution >= 4 is 17.4 Å². The highest BCUT2D eigenvalue weighted by Gasteiger charge is 2.18. The Hall–Kier alpha value is -4.07. The van der Waals surface area contributed by atoms with Crippen LogP contribution in [0.25, 0.3) is 16.8 Å². The predicted octanol–water partition coefficient (Wildman–Crippen LogP) is 2.56. The lowest BCUT2D eigenvalue weighted by Gasteiger charge is -2.13. The number of carbonyl (C=O) groups excluding carboxylic acids is 1. The summed E-state index contributed by atoms with van der Waals surface area (Å²) in [5.74, 6) is -0.218. The van der Waals surface area contributed by atoms with Crippen molar-refractivity contribution in [2.75, 3.05) is 11.1 Å². The number of anilines is 2. The number of pyridine rings is 1. The third-order valence-corrected chi connectivity index (χ3v) is 3.98. The maximum absolute atomic E-state index is 12.8. The van der Waals surface area contributed by atoms with Crippen LogP contribution in [0, 0.1) is 0 Å². The lowest BCUT2D eigenvalue weighted by atomic mass is 9.99. The minimum absolute atomic E-state index is 0.150. The molecule has 4 aromatic rings. The Labute approximate surface area is 154 Å². The fourth-order valence-corrected chi connectivity index (χ4v) is 2.75. The first kappa shape index (κ1) is 16.4. The van der Waals surface area contributed by atoms with E-state index >= 15 is 0 Å². The molecule has 0 atom stereocenters. The number of nitrogens with zero attached hydrogens (tertiary/aromatic N) is 5. The van der Waals surface area contributed by atoms with Gasteiger partial charge < -0.3 is 11.1 Å². The Bertz CT molecular complexity index is 1080. The van der Waals surface area contributed by atoms with E-state index in [1.54, 1.807) is 29.2 Å². The number of hydrogen-bond acceptors (Lipinski definition) is 6. The Kier molecular flexibility index (Phi) is 4.28. The number of hydrogen-bond donors (Lipinski definition) is 2. The van der Waals surface area contributed by atoms with Gasteiger partial charge in [0.2, 0.25) is 0 Å². The molecule has 8 nitrogen and oxygen atoms in total. The van der Waals surface area contributed by atoms with Gasteiger partial charge in [0.1, 0.15) is 5.82 Å². The number of nitrogens with one attached hydrogen (secondary N) is 1. The van der Waals surface area contributed by atoms with Gasteiger partial charge in [-0.2, -0.15) is 15.3 Å². The zero-order chi connectivity index (χ0) is 18.6. The van der Waals surface area contributed by atoms with Crippen LogP contribution in [0.4, 0.5) is 11.5 Å². The molecule has 0 aliphatic heterocycles. The van der Waals surface area contributed by atoms with Gasteiger partial charge in [-0.25, -0.2) is 9.67 Å². The molecule has 1 amide bonds. The smallest absolute Gasteiger partial charge is 0.260 e. The Balaban J connectivity index is 1.75. The predicted molar refractivity (Wildman–Crippen MR) is 101 cm³/mol. The molecule has 3 heterocycles. The molecule has 0 unspecified atom stereocenters. The zero-order valence-electron chi connectivity index (χ0n) is 14.1. The SMILES string of the molecule is Nc1nccc(-c2cccc(-n3cccn3)c2)c1C(=O)Nc1ccnnc1. The molecule has 3 N–H and O–H groups in total. The fourth-order valence-electron chi connectivity index (χ4n) is 2.75. The molecule has 132 valence electrons. The van der Waals surface area contributed by atoms with Crippen molar-refractivity contribution in [1.82, 2.24) is 25.0 Å². The lowest BCUT2D eigenvalue weighted by Crippen LogP contribution is -2.16. The highest BCUT2D eigenvalue weighted by molar-refractivity contribution is 6.11. The minimum atomic E-state index is -0.368. The molecule has 0 fully saturated rings. The average molecular weight is 357 g/mol. The summed E-state index contributed by atoms with van der Waals surface area (Å²) in [5.41, 5.74) is 9.23. The number of benzene rings is 1. The first-order valence-corrected chi connectivity index (χ1v) is 8.15. The van der Waals surface area contributed by atoms with E-state index in [9.17, 15) is 4.79 Å². The summed E-state index contributed by atoms with van der Waals surface area (Å²) in [6.07, 6.45) is 8.10. The van der Waals surface area contributed by atoms with Crippen LogP contribution in [0.5, 0.6) is 0 Å². The topological polar surface area (TPSA) is 112 Å². The first-order valence-electron chi connectivity index (χ1n) is 8.15. The van der Waals surface area contributed by atoms with Crippen LogP contribution >= 0.6 is 0 Å². The van der Waals surface area contributed by atoms with E-state index in [1.165, 1.54) is 12.4 Å². The Morgan fingerprint density at radius 1 is 1.04 bits per heavy atom. The number of carbonyl (C=O) groups is 1. The summed E-state index contributed by atoms with van der Waals surface area (Å²) in [6.45, 7) is 0. The molecule has 0 radical (unpaired) electrons. The summed E-state index contributed by atoms with van der Waals surface area (Å²) < 4.78 is 1.75. The van der Waals surface area contributed by atoms with Crippen molar-refractivity contribution in [2.24, 2.45) is 0 Å². The number of aromatic nitrogens is 5. The average Bonchev–Trinajstić information content (AvgIpc) is 3.23. The number of nitrogen functional groups attached to an aromatic ring is 1. The maximum Gasteiger partial charge on any atom is 0.260 e. The molecule has 0 saturated carbocycles. The number of rotatable bonds is 4. The molecular formula is C19H15N7O. The highest BCUT2D eigenvalue weighted by atomic mass is 16.1. The van der Waals surface area contributed by atoms with E-state index in [-0.39, 0.29) is 11.7 Å². The molecule has 27 heavy (non-hydrogen) atoms. The van der Waals surface area contributed by atoms with Gasteiger partial charge in [-0.15, -0.1) is 0 Å². The monoisotopic (exact) mass is 357 g/mol. The van der Waals surface area contributed by atoms with Gasteiger partial charge in [-0.05, 0) is 41.5 Å². The number of amides is 1. The quantitative estimate of drug-likeness (QED) is 0.580. The first-order chi connectivity index (χ1) is 13.2. The van der Waals surface area contributed by atoms with Crippen molar-refractivity contribution < 1.29 is 4.79 Å². The zero-order valence-corrected chi connectivity index (χ0v) is 14.1. The van der Waals surface area contributed by atoms with Gasteiger partial charge >= 0.3 is 0 Å². The van der Waals surface area contributed by atoms with Crippen LogP contribution in [0.1, 0.15) is 10.4 Å². The van der Waals surface area contributed by atoms with Crippen molar-refractivity contribution in [2.45, 2.75) is 0 Å². The van der Waals surface area contributed by atoms with Gasteiger partial charge in [0, 0.05) is 18.6 Å². The van der Waals surface area contributed by atoms with E-state index in [0.29, 0.717) is 16.8 Å². The van der Waals surface area contributed by atoms with Crippen molar-refractivity contribution in [3.8, 4) is 16.8 Å². The van der Waals surface area contributed by atoms with Crippen molar-refractivity contribution in [1.29, 1.82) is 0 Å². The molecule has 0 saturated heterocycles. The largest absolute Gasteiger partial charge is 0.383 e. The second-order valence-electron chi connectivity index (χ2n) is 5.70. The molecule has 0 aliphatic rings. The van der Waals surface area contributed by atoms with Gasteiger partial charge in [-0.1, -0.05) is 12.1 Å².